The Morgan fingerprint density at radius 1 is 1.33 bits per heavy atom. The largest absolute Gasteiger partial charge is 0.378 e. The summed E-state index contributed by atoms with van der Waals surface area (Å²) in [5.41, 5.74) is 2.26. The molecule has 7 nitrogen and oxygen atoms in total. The Hall–Kier alpha value is -2.19. The van der Waals surface area contributed by atoms with Crippen LogP contribution in [0.2, 0.25) is 0 Å². The number of anilines is 1. The first-order valence-electron chi connectivity index (χ1n) is 9.46. The van der Waals surface area contributed by atoms with Crippen molar-refractivity contribution in [3.05, 3.63) is 40.0 Å². The predicted molar refractivity (Wildman–Crippen MR) is 111 cm³/mol. The van der Waals surface area contributed by atoms with Gasteiger partial charge in [-0.2, -0.15) is 0 Å². The van der Waals surface area contributed by atoms with Crippen LogP contribution in [0.15, 0.2) is 28.7 Å². The van der Waals surface area contributed by atoms with E-state index < -0.39 is 0 Å². The molecule has 146 valence electrons. The molecule has 0 aromatic carbocycles. The number of aryl methyl sites for hydroxylation is 1. The highest BCUT2D eigenvalue weighted by Crippen LogP contribution is 2.19. The summed E-state index contributed by atoms with van der Waals surface area (Å²) >= 11 is 1.69. The maximum absolute atomic E-state index is 5.45. The van der Waals surface area contributed by atoms with Gasteiger partial charge in [0, 0.05) is 49.7 Å². The second-order valence-electron chi connectivity index (χ2n) is 6.32. The number of nitrogens with zero attached hydrogens (tertiary/aromatic N) is 4. The first-order chi connectivity index (χ1) is 13.3. The maximum atomic E-state index is 5.45. The third-order valence-corrected chi connectivity index (χ3v) is 5.09. The number of hydrogen-bond acceptors (Lipinski definition) is 6. The monoisotopic (exact) mass is 388 g/mol. The van der Waals surface area contributed by atoms with Gasteiger partial charge in [-0.3, -0.25) is 0 Å². The number of aromatic nitrogens is 2. The van der Waals surface area contributed by atoms with Crippen LogP contribution in [0, 0.1) is 6.92 Å². The Kier molecular flexibility index (Phi) is 7.41. The summed E-state index contributed by atoms with van der Waals surface area (Å²) in [5, 5.41) is 9.93. The number of pyridine rings is 1. The molecule has 0 amide bonds. The second kappa shape index (κ2) is 10.2. The fraction of sp³-hybridized carbons (Fsp3) is 0.526. The minimum absolute atomic E-state index is 0.589. The van der Waals surface area contributed by atoms with Crippen molar-refractivity contribution in [2.24, 2.45) is 4.99 Å². The van der Waals surface area contributed by atoms with Crippen molar-refractivity contribution in [3.8, 4) is 0 Å². The molecular weight excluding hydrogens is 360 g/mol. The minimum Gasteiger partial charge on any atom is -0.378 e. The van der Waals surface area contributed by atoms with Crippen molar-refractivity contribution in [1.82, 2.24) is 20.6 Å². The Bertz CT molecular complexity index is 741. The summed E-state index contributed by atoms with van der Waals surface area (Å²) in [6.45, 7) is 9.57. The van der Waals surface area contributed by atoms with Gasteiger partial charge in [0.2, 0.25) is 0 Å². The fourth-order valence-corrected chi connectivity index (χ4v) is 3.60. The van der Waals surface area contributed by atoms with Crippen molar-refractivity contribution < 1.29 is 4.74 Å². The summed E-state index contributed by atoms with van der Waals surface area (Å²) in [5.74, 6) is 1.83. The SMILES string of the molecule is CCNC(=NCc1cccnc1N1CCOCC1)NCCc1csc(C)n1. The molecule has 2 aromatic heterocycles. The first kappa shape index (κ1) is 19.6. The third-order valence-electron chi connectivity index (χ3n) is 4.27. The van der Waals surface area contributed by atoms with Crippen LogP contribution in [0.5, 0.6) is 0 Å². The quantitative estimate of drug-likeness (QED) is 0.558. The Labute approximate surface area is 164 Å². The number of hydrogen-bond donors (Lipinski definition) is 2. The summed E-state index contributed by atoms with van der Waals surface area (Å²) in [6, 6.07) is 4.07. The molecule has 1 fully saturated rings. The molecule has 3 heterocycles. The third kappa shape index (κ3) is 5.90. The lowest BCUT2D eigenvalue weighted by Crippen LogP contribution is -2.38. The van der Waals surface area contributed by atoms with E-state index in [1.54, 1.807) is 11.3 Å². The highest BCUT2D eigenvalue weighted by atomic mass is 32.1. The van der Waals surface area contributed by atoms with Gasteiger partial charge in [-0.15, -0.1) is 11.3 Å². The number of thiazole rings is 1. The zero-order valence-corrected chi connectivity index (χ0v) is 16.9. The number of rotatable bonds is 7. The smallest absolute Gasteiger partial charge is 0.191 e. The van der Waals surface area contributed by atoms with Crippen molar-refractivity contribution in [2.45, 2.75) is 26.8 Å². The fourth-order valence-electron chi connectivity index (χ4n) is 2.95. The summed E-state index contributed by atoms with van der Waals surface area (Å²) in [4.78, 5) is 16.1. The van der Waals surface area contributed by atoms with Crippen molar-refractivity contribution in [2.75, 3.05) is 44.3 Å². The van der Waals surface area contributed by atoms with Gasteiger partial charge in [0.05, 0.1) is 30.5 Å². The molecule has 1 saturated heterocycles. The van der Waals surface area contributed by atoms with E-state index in [2.05, 4.69) is 43.9 Å². The molecule has 8 heteroatoms. The lowest BCUT2D eigenvalue weighted by Gasteiger charge is -2.29. The summed E-state index contributed by atoms with van der Waals surface area (Å²) < 4.78 is 5.45. The van der Waals surface area contributed by atoms with Crippen molar-refractivity contribution >= 4 is 23.1 Å². The van der Waals surface area contributed by atoms with Gasteiger partial charge >= 0.3 is 0 Å². The van der Waals surface area contributed by atoms with Crippen LogP contribution >= 0.6 is 11.3 Å². The molecule has 0 unspecified atom stereocenters. The Morgan fingerprint density at radius 2 is 2.19 bits per heavy atom. The normalized spacial score (nSPS) is 15.0. The number of ether oxygens (including phenoxy) is 1. The van der Waals surface area contributed by atoms with E-state index in [4.69, 9.17) is 9.73 Å². The van der Waals surface area contributed by atoms with E-state index in [0.717, 1.165) is 73.9 Å². The zero-order chi connectivity index (χ0) is 18.9. The highest BCUT2D eigenvalue weighted by Gasteiger charge is 2.15. The Balaban J connectivity index is 1.60. The van der Waals surface area contributed by atoms with Gasteiger partial charge in [0.15, 0.2) is 5.96 Å². The van der Waals surface area contributed by atoms with Gasteiger partial charge in [-0.1, -0.05) is 6.07 Å². The van der Waals surface area contributed by atoms with Crippen molar-refractivity contribution in [1.29, 1.82) is 0 Å². The lowest BCUT2D eigenvalue weighted by atomic mass is 10.2. The molecule has 2 aromatic rings. The molecule has 0 spiro atoms. The van der Waals surface area contributed by atoms with Gasteiger partial charge in [-0.25, -0.2) is 15.0 Å². The molecule has 0 atom stereocenters. The zero-order valence-electron chi connectivity index (χ0n) is 16.1. The number of nitrogens with one attached hydrogen (secondary N) is 2. The topological polar surface area (TPSA) is 74.7 Å². The molecule has 0 aliphatic carbocycles. The highest BCUT2D eigenvalue weighted by molar-refractivity contribution is 7.09. The number of morpholine rings is 1. The standard InChI is InChI=1S/C19H28N6OS/c1-3-20-19(22-8-6-17-14-27-15(2)24-17)23-13-16-5-4-7-21-18(16)25-9-11-26-12-10-25/h4-5,7,14H,3,6,8-13H2,1-2H3,(H2,20,22,23). The van der Waals surface area contributed by atoms with Crippen molar-refractivity contribution in [3.63, 3.8) is 0 Å². The van der Waals surface area contributed by atoms with Crippen LogP contribution in [-0.2, 0) is 17.7 Å². The average molecular weight is 389 g/mol. The molecule has 2 N–H and O–H groups in total. The van der Waals surface area contributed by atoms with Crippen LogP contribution in [-0.4, -0.2) is 55.3 Å². The average Bonchev–Trinajstić information content (AvgIpc) is 3.12. The van der Waals surface area contributed by atoms with E-state index >= 15 is 0 Å². The maximum Gasteiger partial charge on any atom is 0.191 e. The van der Waals surface area contributed by atoms with E-state index in [9.17, 15) is 0 Å². The molecule has 27 heavy (non-hydrogen) atoms. The summed E-state index contributed by atoms with van der Waals surface area (Å²) in [7, 11) is 0. The van der Waals surface area contributed by atoms with Crippen LogP contribution in [0.4, 0.5) is 5.82 Å². The minimum atomic E-state index is 0.589. The van der Waals surface area contributed by atoms with Crippen LogP contribution in [0.3, 0.4) is 0 Å². The lowest BCUT2D eigenvalue weighted by molar-refractivity contribution is 0.122. The molecule has 0 saturated carbocycles. The molecule has 0 radical (unpaired) electrons. The summed E-state index contributed by atoms with van der Waals surface area (Å²) in [6.07, 6.45) is 2.73. The van der Waals surface area contributed by atoms with Crippen LogP contribution in [0.25, 0.3) is 0 Å². The molecule has 1 aliphatic rings. The van der Waals surface area contributed by atoms with E-state index in [1.807, 2.05) is 19.2 Å². The van der Waals surface area contributed by atoms with Gasteiger partial charge < -0.3 is 20.3 Å². The number of aliphatic imine (C=N–C) groups is 1. The second-order valence-corrected chi connectivity index (χ2v) is 7.38. The van der Waals surface area contributed by atoms with Gasteiger partial charge in [0.1, 0.15) is 5.82 Å². The molecular formula is C19H28N6OS. The van der Waals surface area contributed by atoms with Gasteiger partial charge in [0.25, 0.3) is 0 Å². The number of guanidine groups is 1. The first-order valence-corrected chi connectivity index (χ1v) is 10.3. The van der Waals surface area contributed by atoms with Crippen LogP contribution < -0.4 is 15.5 Å². The van der Waals surface area contributed by atoms with E-state index in [-0.39, 0.29) is 0 Å². The van der Waals surface area contributed by atoms with Crippen LogP contribution in [0.1, 0.15) is 23.2 Å². The Morgan fingerprint density at radius 3 is 2.93 bits per heavy atom. The van der Waals surface area contributed by atoms with E-state index in [1.165, 1.54) is 0 Å². The molecule has 1 aliphatic heterocycles. The predicted octanol–water partition coefficient (Wildman–Crippen LogP) is 1.98. The molecule has 0 bridgehead atoms. The molecule has 3 rings (SSSR count). The van der Waals surface area contributed by atoms with E-state index in [0.29, 0.717) is 6.54 Å². The van der Waals surface area contributed by atoms with Gasteiger partial charge in [-0.05, 0) is 19.9 Å².